The molecule has 0 radical (unpaired) electrons. The molecule has 0 unspecified atom stereocenters. The molecule has 1 heterocycles. The number of carbonyl (C=O) groups is 1. The summed E-state index contributed by atoms with van der Waals surface area (Å²) in [4.78, 5) is 18.6. The topological polar surface area (TPSA) is 57.8 Å². The van der Waals surface area contributed by atoms with Crippen molar-refractivity contribution in [1.82, 2.24) is 9.97 Å². The van der Waals surface area contributed by atoms with Crippen LogP contribution in [0.4, 0.5) is 5.69 Å². The lowest BCUT2D eigenvalue weighted by Crippen LogP contribution is -2.14. The first kappa shape index (κ1) is 12.2. The number of aromatic amines is 1. The normalized spacial score (nSPS) is 10.2. The number of thioether (sulfide) groups is 1. The minimum absolute atomic E-state index is 0.0571. The van der Waals surface area contributed by atoms with Gasteiger partial charge in [0.25, 0.3) is 0 Å². The Morgan fingerprint density at radius 3 is 3.00 bits per heavy atom. The summed E-state index contributed by atoms with van der Waals surface area (Å²) in [5.41, 5.74) is 0.776. The van der Waals surface area contributed by atoms with Crippen LogP contribution in [0.3, 0.4) is 0 Å². The molecule has 0 spiro atoms. The summed E-state index contributed by atoms with van der Waals surface area (Å²) < 4.78 is 0.872. The summed E-state index contributed by atoms with van der Waals surface area (Å²) in [5.74, 6) is 0.271. The Morgan fingerprint density at radius 2 is 2.29 bits per heavy atom. The molecule has 0 aliphatic heterocycles. The lowest BCUT2D eigenvalue weighted by molar-refractivity contribution is -0.113. The number of nitrogens with zero attached hydrogens (tertiary/aromatic N) is 1. The van der Waals surface area contributed by atoms with Crippen molar-refractivity contribution in [3.63, 3.8) is 0 Å². The number of para-hydroxylation sites is 1. The highest BCUT2D eigenvalue weighted by Crippen LogP contribution is 2.21. The molecule has 0 aliphatic carbocycles. The molecule has 2 N–H and O–H groups in total. The van der Waals surface area contributed by atoms with E-state index >= 15 is 0 Å². The largest absolute Gasteiger partial charge is 0.340 e. The molecule has 88 valence electrons. The van der Waals surface area contributed by atoms with Crippen molar-refractivity contribution in [2.45, 2.75) is 5.16 Å². The Hall–Kier alpha value is -1.27. The maximum Gasteiger partial charge on any atom is 0.234 e. The number of anilines is 1. The van der Waals surface area contributed by atoms with Crippen molar-refractivity contribution >= 4 is 39.3 Å². The molecule has 1 amide bonds. The third kappa shape index (κ3) is 3.61. The zero-order valence-corrected chi connectivity index (χ0v) is 11.2. The van der Waals surface area contributed by atoms with E-state index in [1.165, 1.54) is 11.8 Å². The molecule has 0 bridgehead atoms. The van der Waals surface area contributed by atoms with Crippen molar-refractivity contribution in [2.75, 3.05) is 11.1 Å². The monoisotopic (exact) mass is 311 g/mol. The van der Waals surface area contributed by atoms with E-state index < -0.39 is 0 Å². The van der Waals surface area contributed by atoms with Gasteiger partial charge in [-0.2, -0.15) is 0 Å². The van der Waals surface area contributed by atoms with Crippen molar-refractivity contribution in [1.29, 1.82) is 0 Å². The van der Waals surface area contributed by atoms with Crippen molar-refractivity contribution in [3.05, 3.63) is 41.1 Å². The molecule has 1 aromatic heterocycles. The average Bonchev–Trinajstić information content (AvgIpc) is 2.82. The fraction of sp³-hybridized carbons (Fsp3) is 0.0909. The van der Waals surface area contributed by atoms with E-state index in [4.69, 9.17) is 0 Å². The molecule has 0 atom stereocenters. The molecule has 0 aliphatic rings. The lowest BCUT2D eigenvalue weighted by Gasteiger charge is -2.05. The Bertz CT molecular complexity index is 501. The standard InChI is InChI=1S/C11H10BrN3OS/c12-8-3-1-2-4-9(8)15-10(16)7-17-11-13-5-6-14-11/h1-6H,7H2,(H,13,14)(H,15,16). The second kappa shape index (κ2) is 5.88. The molecule has 2 aromatic rings. The molecular formula is C11H10BrN3OS. The van der Waals surface area contributed by atoms with Gasteiger partial charge in [-0.3, -0.25) is 4.79 Å². The molecule has 0 saturated carbocycles. The van der Waals surface area contributed by atoms with Gasteiger partial charge in [0.1, 0.15) is 0 Å². The molecule has 1 aromatic carbocycles. The van der Waals surface area contributed by atoms with E-state index in [2.05, 4.69) is 31.2 Å². The number of rotatable bonds is 4. The van der Waals surface area contributed by atoms with Gasteiger partial charge in [-0.25, -0.2) is 4.98 Å². The maximum atomic E-state index is 11.7. The number of halogens is 1. The molecule has 17 heavy (non-hydrogen) atoms. The molecule has 2 rings (SSSR count). The highest BCUT2D eigenvalue weighted by Gasteiger charge is 2.06. The van der Waals surface area contributed by atoms with Crippen LogP contribution in [0.5, 0.6) is 0 Å². The molecule has 0 fully saturated rings. The van der Waals surface area contributed by atoms with Gasteiger partial charge in [-0.15, -0.1) is 0 Å². The minimum atomic E-state index is -0.0571. The van der Waals surface area contributed by atoms with E-state index in [1.54, 1.807) is 12.4 Å². The van der Waals surface area contributed by atoms with Crippen LogP contribution in [0.25, 0.3) is 0 Å². The van der Waals surface area contributed by atoms with Gasteiger partial charge >= 0.3 is 0 Å². The van der Waals surface area contributed by atoms with E-state index in [0.717, 1.165) is 15.3 Å². The van der Waals surface area contributed by atoms with Gasteiger partial charge < -0.3 is 10.3 Å². The lowest BCUT2D eigenvalue weighted by atomic mass is 10.3. The number of nitrogens with one attached hydrogen (secondary N) is 2. The average molecular weight is 312 g/mol. The Labute approximate surface area is 111 Å². The Balaban J connectivity index is 1.87. The predicted octanol–water partition coefficient (Wildman–Crippen LogP) is 2.90. The van der Waals surface area contributed by atoms with E-state index in [9.17, 15) is 4.79 Å². The van der Waals surface area contributed by atoms with Crippen LogP contribution in [-0.4, -0.2) is 21.6 Å². The van der Waals surface area contributed by atoms with Crippen molar-refractivity contribution in [3.8, 4) is 0 Å². The van der Waals surface area contributed by atoms with Crippen LogP contribution >= 0.6 is 27.7 Å². The van der Waals surface area contributed by atoms with E-state index in [-0.39, 0.29) is 5.91 Å². The first-order valence-electron chi connectivity index (χ1n) is 4.92. The SMILES string of the molecule is O=C(CSc1ncc[nH]1)Nc1ccccc1Br. The third-order valence-corrected chi connectivity index (χ3v) is 3.56. The van der Waals surface area contributed by atoms with Gasteiger partial charge in [0, 0.05) is 16.9 Å². The Morgan fingerprint density at radius 1 is 1.47 bits per heavy atom. The summed E-state index contributed by atoms with van der Waals surface area (Å²) in [6.45, 7) is 0. The molecule has 6 heteroatoms. The summed E-state index contributed by atoms with van der Waals surface area (Å²) in [7, 11) is 0. The number of amides is 1. The fourth-order valence-electron chi connectivity index (χ4n) is 1.21. The number of benzene rings is 1. The van der Waals surface area contributed by atoms with Gasteiger partial charge in [0.2, 0.25) is 5.91 Å². The Kier molecular flexibility index (Phi) is 4.22. The summed E-state index contributed by atoms with van der Waals surface area (Å²) in [5, 5.41) is 3.57. The van der Waals surface area contributed by atoms with Crippen LogP contribution in [0.1, 0.15) is 0 Å². The second-order valence-corrected chi connectivity index (χ2v) is 5.03. The zero-order chi connectivity index (χ0) is 12.1. The summed E-state index contributed by atoms with van der Waals surface area (Å²) in [6.07, 6.45) is 3.39. The van der Waals surface area contributed by atoms with Crippen molar-refractivity contribution in [2.24, 2.45) is 0 Å². The number of carbonyl (C=O) groups excluding carboxylic acids is 1. The van der Waals surface area contributed by atoms with Crippen LogP contribution in [-0.2, 0) is 4.79 Å². The molecule has 0 saturated heterocycles. The van der Waals surface area contributed by atoms with Crippen LogP contribution in [0.15, 0.2) is 46.3 Å². The van der Waals surface area contributed by atoms with Gasteiger partial charge in [0.05, 0.1) is 11.4 Å². The molecular weight excluding hydrogens is 302 g/mol. The van der Waals surface area contributed by atoms with Crippen LogP contribution in [0, 0.1) is 0 Å². The first-order chi connectivity index (χ1) is 8.25. The quantitative estimate of drug-likeness (QED) is 0.854. The number of aromatic nitrogens is 2. The fourth-order valence-corrected chi connectivity index (χ4v) is 2.22. The number of H-pyrrole nitrogens is 1. The van der Waals surface area contributed by atoms with Gasteiger partial charge in [-0.05, 0) is 28.1 Å². The number of hydrogen-bond donors (Lipinski definition) is 2. The zero-order valence-electron chi connectivity index (χ0n) is 8.81. The van der Waals surface area contributed by atoms with Crippen LogP contribution in [0.2, 0.25) is 0 Å². The molecule has 4 nitrogen and oxygen atoms in total. The highest BCUT2D eigenvalue weighted by molar-refractivity contribution is 9.10. The maximum absolute atomic E-state index is 11.7. The highest BCUT2D eigenvalue weighted by atomic mass is 79.9. The summed E-state index contributed by atoms with van der Waals surface area (Å²) in [6, 6.07) is 7.51. The second-order valence-electron chi connectivity index (χ2n) is 3.21. The van der Waals surface area contributed by atoms with E-state index in [1.807, 2.05) is 24.3 Å². The van der Waals surface area contributed by atoms with E-state index in [0.29, 0.717) is 5.75 Å². The third-order valence-electron chi connectivity index (χ3n) is 1.96. The van der Waals surface area contributed by atoms with Crippen molar-refractivity contribution < 1.29 is 4.79 Å². The smallest absolute Gasteiger partial charge is 0.234 e. The van der Waals surface area contributed by atoms with Gasteiger partial charge in [0.15, 0.2) is 5.16 Å². The van der Waals surface area contributed by atoms with Crippen LogP contribution < -0.4 is 5.32 Å². The number of hydrogen-bond acceptors (Lipinski definition) is 3. The minimum Gasteiger partial charge on any atom is -0.340 e. The first-order valence-corrected chi connectivity index (χ1v) is 6.70. The van der Waals surface area contributed by atoms with Gasteiger partial charge in [-0.1, -0.05) is 23.9 Å². The number of imidazole rings is 1. The predicted molar refractivity (Wildman–Crippen MR) is 72.1 cm³/mol. The summed E-state index contributed by atoms with van der Waals surface area (Å²) >= 11 is 4.74.